The lowest BCUT2D eigenvalue weighted by molar-refractivity contribution is -0.136. The van der Waals surface area contributed by atoms with Gasteiger partial charge in [-0.05, 0) is 25.0 Å². The fourth-order valence-electron chi connectivity index (χ4n) is 1.51. The summed E-state index contributed by atoms with van der Waals surface area (Å²) in [6.07, 6.45) is 1.07. The first-order chi connectivity index (χ1) is 6.06. The van der Waals surface area contributed by atoms with Crippen molar-refractivity contribution in [2.45, 2.75) is 26.7 Å². The highest BCUT2D eigenvalue weighted by atomic mass is 16.4. The number of aryl methyl sites for hydroxylation is 1. The third-order valence-corrected chi connectivity index (χ3v) is 2.44. The molecular formula is C10H15NO2. The second kappa shape index (κ2) is 3.64. The summed E-state index contributed by atoms with van der Waals surface area (Å²) in [7, 11) is 1.97. The third kappa shape index (κ3) is 1.91. The van der Waals surface area contributed by atoms with Gasteiger partial charge < -0.3 is 9.67 Å². The molecule has 0 radical (unpaired) electrons. The van der Waals surface area contributed by atoms with Crippen molar-refractivity contribution < 1.29 is 9.90 Å². The molecule has 0 aliphatic rings. The molecule has 72 valence electrons. The predicted octanol–water partition coefficient (Wildman–Crippen LogP) is 1.52. The molecule has 1 aromatic heterocycles. The second-order valence-corrected chi connectivity index (χ2v) is 3.23. The molecule has 3 heteroatoms. The van der Waals surface area contributed by atoms with Crippen LogP contribution in [-0.2, 0) is 24.7 Å². The summed E-state index contributed by atoms with van der Waals surface area (Å²) in [6, 6.07) is 1.98. The maximum Gasteiger partial charge on any atom is 0.307 e. The van der Waals surface area contributed by atoms with Gasteiger partial charge in [-0.3, -0.25) is 4.79 Å². The summed E-state index contributed by atoms with van der Waals surface area (Å²) in [5.41, 5.74) is 3.17. The van der Waals surface area contributed by atoms with Crippen molar-refractivity contribution in [2.75, 3.05) is 0 Å². The van der Waals surface area contributed by atoms with Crippen LogP contribution in [0.25, 0.3) is 0 Å². The Morgan fingerprint density at radius 1 is 1.62 bits per heavy atom. The van der Waals surface area contributed by atoms with Crippen LogP contribution in [0, 0.1) is 6.92 Å². The Balaban J connectivity index is 3.02. The van der Waals surface area contributed by atoms with E-state index in [0.717, 1.165) is 17.7 Å². The first-order valence-electron chi connectivity index (χ1n) is 4.42. The molecule has 0 spiro atoms. The molecule has 0 aliphatic carbocycles. The van der Waals surface area contributed by atoms with E-state index in [-0.39, 0.29) is 6.42 Å². The molecule has 0 amide bonds. The molecule has 0 saturated carbocycles. The van der Waals surface area contributed by atoms with E-state index in [1.165, 1.54) is 5.69 Å². The molecule has 13 heavy (non-hydrogen) atoms. The Hall–Kier alpha value is -1.25. The summed E-state index contributed by atoms with van der Waals surface area (Å²) >= 11 is 0. The highest BCUT2D eigenvalue weighted by Gasteiger charge is 2.10. The summed E-state index contributed by atoms with van der Waals surface area (Å²) in [5.74, 6) is -0.767. The fourth-order valence-corrected chi connectivity index (χ4v) is 1.51. The van der Waals surface area contributed by atoms with Crippen molar-refractivity contribution in [1.82, 2.24) is 4.57 Å². The molecule has 0 bridgehead atoms. The lowest BCUT2D eigenvalue weighted by Crippen LogP contribution is -2.01. The van der Waals surface area contributed by atoms with Crippen molar-refractivity contribution in [3.8, 4) is 0 Å². The van der Waals surface area contributed by atoms with E-state index >= 15 is 0 Å². The van der Waals surface area contributed by atoms with Crippen LogP contribution < -0.4 is 0 Å². The normalized spacial score (nSPS) is 10.4. The number of aliphatic carboxylic acids is 1. The lowest BCUT2D eigenvalue weighted by Gasteiger charge is -2.01. The Kier molecular flexibility index (Phi) is 2.76. The quantitative estimate of drug-likeness (QED) is 0.768. The first kappa shape index (κ1) is 9.84. The van der Waals surface area contributed by atoms with E-state index in [0.29, 0.717) is 0 Å². The highest BCUT2D eigenvalue weighted by molar-refractivity contribution is 5.70. The van der Waals surface area contributed by atoms with E-state index in [1.807, 2.05) is 20.0 Å². The Morgan fingerprint density at radius 3 is 2.62 bits per heavy atom. The van der Waals surface area contributed by atoms with E-state index in [2.05, 4.69) is 11.5 Å². The van der Waals surface area contributed by atoms with Gasteiger partial charge in [0.25, 0.3) is 0 Å². The Morgan fingerprint density at radius 2 is 2.23 bits per heavy atom. The van der Waals surface area contributed by atoms with Crippen LogP contribution in [0.1, 0.15) is 23.9 Å². The molecule has 0 aromatic carbocycles. The summed E-state index contributed by atoms with van der Waals surface area (Å²) in [4.78, 5) is 10.5. The molecule has 0 fully saturated rings. The molecule has 1 rings (SSSR count). The average Bonchev–Trinajstić information content (AvgIpc) is 2.32. The molecule has 0 unspecified atom stereocenters. The molecule has 3 nitrogen and oxygen atoms in total. The van der Waals surface area contributed by atoms with Gasteiger partial charge in [-0.25, -0.2) is 0 Å². The summed E-state index contributed by atoms with van der Waals surface area (Å²) in [6.45, 7) is 4.02. The van der Waals surface area contributed by atoms with Gasteiger partial charge in [0.2, 0.25) is 0 Å². The maximum absolute atomic E-state index is 10.5. The number of carbonyl (C=O) groups is 1. The van der Waals surface area contributed by atoms with E-state index < -0.39 is 5.97 Å². The lowest BCUT2D eigenvalue weighted by atomic mass is 10.2. The minimum Gasteiger partial charge on any atom is -0.481 e. The van der Waals surface area contributed by atoms with Gasteiger partial charge in [-0.15, -0.1) is 0 Å². The van der Waals surface area contributed by atoms with Crippen molar-refractivity contribution in [3.63, 3.8) is 0 Å². The van der Waals surface area contributed by atoms with Gasteiger partial charge >= 0.3 is 5.97 Å². The number of nitrogens with zero attached hydrogens (tertiary/aromatic N) is 1. The minimum atomic E-state index is -0.767. The van der Waals surface area contributed by atoms with Crippen molar-refractivity contribution >= 4 is 5.97 Å². The van der Waals surface area contributed by atoms with Gasteiger partial charge in [-0.2, -0.15) is 0 Å². The van der Waals surface area contributed by atoms with Crippen LogP contribution in [-0.4, -0.2) is 15.6 Å². The highest BCUT2D eigenvalue weighted by Crippen LogP contribution is 2.14. The van der Waals surface area contributed by atoms with Gasteiger partial charge in [0.15, 0.2) is 0 Å². The number of rotatable bonds is 3. The SMILES string of the molecule is CCc1cc(CC(=O)O)c(C)n1C. The van der Waals surface area contributed by atoms with Crippen LogP contribution in [0.4, 0.5) is 0 Å². The molecule has 0 aliphatic heterocycles. The van der Waals surface area contributed by atoms with Crippen LogP contribution in [0.3, 0.4) is 0 Å². The van der Waals surface area contributed by atoms with Crippen LogP contribution >= 0.6 is 0 Å². The van der Waals surface area contributed by atoms with Crippen molar-refractivity contribution in [2.24, 2.45) is 7.05 Å². The molecule has 1 N–H and O–H groups in total. The molecular weight excluding hydrogens is 166 g/mol. The Bertz CT molecular complexity index is 326. The third-order valence-electron chi connectivity index (χ3n) is 2.44. The molecule has 0 saturated heterocycles. The zero-order chi connectivity index (χ0) is 10.0. The largest absolute Gasteiger partial charge is 0.481 e. The van der Waals surface area contributed by atoms with Gasteiger partial charge in [-0.1, -0.05) is 6.92 Å². The topological polar surface area (TPSA) is 42.2 Å². The molecule has 0 atom stereocenters. The number of carboxylic acid groups (broad SMARTS) is 1. The van der Waals surface area contributed by atoms with E-state index in [4.69, 9.17) is 5.11 Å². The number of hydrogen-bond donors (Lipinski definition) is 1. The van der Waals surface area contributed by atoms with Crippen LogP contribution in [0.15, 0.2) is 6.07 Å². The second-order valence-electron chi connectivity index (χ2n) is 3.23. The van der Waals surface area contributed by atoms with Crippen LogP contribution in [0.2, 0.25) is 0 Å². The fraction of sp³-hybridized carbons (Fsp3) is 0.500. The van der Waals surface area contributed by atoms with Gasteiger partial charge in [0.1, 0.15) is 0 Å². The van der Waals surface area contributed by atoms with E-state index in [1.54, 1.807) is 0 Å². The standard InChI is InChI=1S/C10H15NO2/c1-4-9-5-8(6-10(12)13)7(2)11(9)3/h5H,4,6H2,1-3H3,(H,12,13). The average molecular weight is 181 g/mol. The van der Waals surface area contributed by atoms with Crippen molar-refractivity contribution in [1.29, 1.82) is 0 Å². The number of hydrogen-bond acceptors (Lipinski definition) is 1. The first-order valence-corrected chi connectivity index (χ1v) is 4.42. The summed E-state index contributed by atoms with van der Waals surface area (Å²) < 4.78 is 2.05. The van der Waals surface area contributed by atoms with Crippen LogP contribution in [0.5, 0.6) is 0 Å². The molecule has 1 heterocycles. The zero-order valence-corrected chi connectivity index (χ0v) is 8.29. The van der Waals surface area contributed by atoms with Gasteiger partial charge in [0.05, 0.1) is 6.42 Å². The predicted molar refractivity (Wildman–Crippen MR) is 50.9 cm³/mol. The number of carboxylic acids is 1. The van der Waals surface area contributed by atoms with Gasteiger partial charge in [0, 0.05) is 18.4 Å². The smallest absolute Gasteiger partial charge is 0.307 e. The molecule has 1 aromatic rings. The Labute approximate surface area is 78.0 Å². The monoisotopic (exact) mass is 181 g/mol. The summed E-state index contributed by atoms with van der Waals surface area (Å²) in [5, 5.41) is 8.65. The zero-order valence-electron chi connectivity index (χ0n) is 8.29. The van der Waals surface area contributed by atoms with E-state index in [9.17, 15) is 4.79 Å². The van der Waals surface area contributed by atoms with Crippen molar-refractivity contribution in [3.05, 3.63) is 23.0 Å². The minimum absolute atomic E-state index is 0.125. The maximum atomic E-state index is 10.5. The number of aromatic nitrogens is 1.